The molecule has 1 aromatic rings. The lowest BCUT2D eigenvalue weighted by molar-refractivity contribution is -0.127. The summed E-state index contributed by atoms with van der Waals surface area (Å²) in [6.45, 7) is 3.76. The Morgan fingerprint density at radius 3 is 2.79 bits per heavy atom. The number of likely N-dealkylation sites (tertiary alicyclic amines) is 1. The lowest BCUT2D eigenvalue weighted by atomic mass is 9.91. The van der Waals surface area contributed by atoms with Gasteiger partial charge in [-0.2, -0.15) is 0 Å². The number of hydrogen-bond acceptors (Lipinski definition) is 3. The van der Waals surface area contributed by atoms with Crippen LogP contribution in [0.25, 0.3) is 0 Å². The molecular formula is C18H25F2N3O. The van der Waals surface area contributed by atoms with Gasteiger partial charge >= 0.3 is 0 Å². The van der Waals surface area contributed by atoms with Crippen LogP contribution in [0.15, 0.2) is 18.2 Å². The second-order valence-electron chi connectivity index (χ2n) is 7.08. The molecule has 1 aromatic carbocycles. The van der Waals surface area contributed by atoms with E-state index in [4.69, 9.17) is 0 Å². The van der Waals surface area contributed by atoms with Crippen LogP contribution in [0.3, 0.4) is 0 Å². The normalized spacial score (nSPS) is 31.2. The van der Waals surface area contributed by atoms with Crippen molar-refractivity contribution in [3.05, 3.63) is 35.4 Å². The summed E-state index contributed by atoms with van der Waals surface area (Å²) in [6, 6.07) is 4.16. The first-order chi connectivity index (χ1) is 11.5. The van der Waals surface area contributed by atoms with Crippen molar-refractivity contribution >= 4 is 5.91 Å². The predicted octanol–water partition coefficient (Wildman–Crippen LogP) is 2.21. The van der Waals surface area contributed by atoms with Crippen LogP contribution in [0, 0.1) is 17.6 Å². The summed E-state index contributed by atoms with van der Waals surface area (Å²) >= 11 is 0. The van der Waals surface area contributed by atoms with Gasteiger partial charge in [0.2, 0.25) is 5.91 Å². The number of likely N-dealkylation sites (N-methyl/N-ethyl adjacent to an activating group) is 1. The second kappa shape index (κ2) is 7.15. The van der Waals surface area contributed by atoms with Gasteiger partial charge in [0.05, 0.1) is 6.04 Å². The topological polar surface area (TPSA) is 44.4 Å². The van der Waals surface area contributed by atoms with Crippen molar-refractivity contribution in [2.75, 3.05) is 20.1 Å². The van der Waals surface area contributed by atoms with Crippen molar-refractivity contribution in [2.45, 2.75) is 44.3 Å². The number of nitrogens with zero attached hydrogens (tertiary/aromatic N) is 1. The van der Waals surface area contributed by atoms with E-state index in [2.05, 4.69) is 22.5 Å². The van der Waals surface area contributed by atoms with E-state index < -0.39 is 11.6 Å². The van der Waals surface area contributed by atoms with Crippen LogP contribution in [0.2, 0.25) is 0 Å². The molecule has 2 aliphatic rings. The first kappa shape index (κ1) is 17.3. The molecule has 2 heterocycles. The minimum Gasteiger partial charge on any atom is -0.351 e. The number of carbonyl (C=O) groups excluding carboxylic acids is 1. The van der Waals surface area contributed by atoms with Crippen LogP contribution in [0.5, 0.6) is 0 Å². The number of halogens is 2. The molecule has 4 nitrogen and oxygen atoms in total. The highest BCUT2D eigenvalue weighted by Gasteiger charge is 2.36. The molecule has 0 bridgehead atoms. The highest BCUT2D eigenvalue weighted by atomic mass is 19.2. The highest BCUT2D eigenvalue weighted by molar-refractivity contribution is 5.79. The molecule has 2 N–H and O–H groups in total. The number of hydrogen-bond donors (Lipinski definition) is 2. The van der Waals surface area contributed by atoms with E-state index in [1.165, 1.54) is 6.07 Å². The van der Waals surface area contributed by atoms with Crippen molar-refractivity contribution in [3.8, 4) is 0 Å². The van der Waals surface area contributed by atoms with Crippen molar-refractivity contribution in [2.24, 2.45) is 5.92 Å². The summed E-state index contributed by atoms with van der Waals surface area (Å²) in [7, 11) is 1.95. The zero-order valence-electron chi connectivity index (χ0n) is 14.2. The minimum atomic E-state index is -0.844. The van der Waals surface area contributed by atoms with Crippen LogP contribution in [-0.2, 0) is 4.79 Å². The summed E-state index contributed by atoms with van der Waals surface area (Å²) in [4.78, 5) is 14.7. The molecule has 24 heavy (non-hydrogen) atoms. The van der Waals surface area contributed by atoms with Crippen molar-refractivity contribution in [1.82, 2.24) is 15.5 Å². The summed E-state index contributed by atoms with van der Waals surface area (Å²) in [6.07, 6.45) is 2.49. The molecule has 3 rings (SSSR count). The van der Waals surface area contributed by atoms with Crippen LogP contribution >= 0.6 is 0 Å². The van der Waals surface area contributed by atoms with Crippen LogP contribution in [0.4, 0.5) is 8.78 Å². The maximum Gasteiger partial charge on any atom is 0.223 e. The first-order valence-corrected chi connectivity index (χ1v) is 8.64. The van der Waals surface area contributed by atoms with Crippen LogP contribution < -0.4 is 10.6 Å². The molecule has 0 saturated carbocycles. The summed E-state index contributed by atoms with van der Waals surface area (Å²) in [5.74, 6) is -1.58. The third-order valence-corrected chi connectivity index (χ3v) is 5.26. The number of piperidine rings is 1. The van der Waals surface area contributed by atoms with Gasteiger partial charge in [-0.3, -0.25) is 9.69 Å². The molecule has 4 atom stereocenters. The van der Waals surface area contributed by atoms with Gasteiger partial charge in [0.25, 0.3) is 0 Å². The molecule has 0 radical (unpaired) electrons. The monoisotopic (exact) mass is 337 g/mol. The molecule has 2 unspecified atom stereocenters. The summed E-state index contributed by atoms with van der Waals surface area (Å²) < 4.78 is 26.8. The minimum absolute atomic E-state index is 0.0257. The smallest absolute Gasteiger partial charge is 0.223 e. The third kappa shape index (κ3) is 3.59. The van der Waals surface area contributed by atoms with Gasteiger partial charge in [-0.25, -0.2) is 8.78 Å². The summed E-state index contributed by atoms with van der Waals surface area (Å²) in [5, 5.41) is 6.51. The quantitative estimate of drug-likeness (QED) is 0.889. The lowest BCUT2D eigenvalue weighted by Gasteiger charge is -2.30. The number of rotatable bonds is 3. The Morgan fingerprint density at radius 1 is 1.29 bits per heavy atom. The van der Waals surface area contributed by atoms with E-state index in [0.717, 1.165) is 38.4 Å². The van der Waals surface area contributed by atoms with Gasteiger partial charge < -0.3 is 10.6 Å². The molecule has 2 saturated heterocycles. The molecule has 2 aliphatic heterocycles. The highest BCUT2D eigenvalue weighted by Crippen LogP contribution is 2.32. The largest absolute Gasteiger partial charge is 0.351 e. The maximum atomic E-state index is 13.6. The SMILES string of the molecule is C[C@H]1C[C@@H](C(=O)NC2CCN(C)C2c2ccc(F)c(F)c2)CCN1. The zero-order chi connectivity index (χ0) is 17.3. The van der Waals surface area contributed by atoms with Gasteiger partial charge in [-0.05, 0) is 57.5 Å². The third-order valence-electron chi connectivity index (χ3n) is 5.26. The van der Waals surface area contributed by atoms with E-state index in [0.29, 0.717) is 11.6 Å². The molecule has 6 heteroatoms. The lowest BCUT2D eigenvalue weighted by Crippen LogP contribution is -2.46. The van der Waals surface area contributed by atoms with E-state index in [-0.39, 0.29) is 23.9 Å². The Hall–Kier alpha value is -1.53. The fourth-order valence-corrected chi connectivity index (χ4v) is 3.95. The second-order valence-corrected chi connectivity index (χ2v) is 7.08. The van der Waals surface area contributed by atoms with E-state index in [9.17, 15) is 13.6 Å². The van der Waals surface area contributed by atoms with Gasteiger partial charge in [0, 0.05) is 24.5 Å². The number of nitrogens with one attached hydrogen (secondary N) is 2. The molecule has 0 spiro atoms. The fraction of sp³-hybridized carbons (Fsp3) is 0.611. The van der Waals surface area contributed by atoms with Crippen molar-refractivity contribution < 1.29 is 13.6 Å². The van der Waals surface area contributed by atoms with E-state index in [1.807, 2.05) is 7.05 Å². The van der Waals surface area contributed by atoms with Crippen LogP contribution in [-0.4, -0.2) is 43.0 Å². The van der Waals surface area contributed by atoms with Crippen molar-refractivity contribution in [3.63, 3.8) is 0 Å². The Labute approximate surface area is 141 Å². The van der Waals surface area contributed by atoms with E-state index >= 15 is 0 Å². The Bertz CT molecular complexity index is 610. The summed E-state index contributed by atoms with van der Waals surface area (Å²) in [5.41, 5.74) is 0.706. The first-order valence-electron chi connectivity index (χ1n) is 8.64. The Morgan fingerprint density at radius 2 is 2.08 bits per heavy atom. The maximum absolute atomic E-state index is 13.6. The number of benzene rings is 1. The van der Waals surface area contributed by atoms with Gasteiger partial charge in [-0.1, -0.05) is 6.07 Å². The van der Waals surface area contributed by atoms with Gasteiger partial charge in [0.1, 0.15) is 0 Å². The van der Waals surface area contributed by atoms with Gasteiger partial charge in [-0.15, -0.1) is 0 Å². The Kier molecular flexibility index (Phi) is 5.15. The van der Waals surface area contributed by atoms with Crippen LogP contribution in [0.1, 0.15) is 37.8 Å². The molecule has 1 amide bonds. The van der Waals surface area contributed by atoms with E-state index in [1.54, 1.807) is 6.07 Å². The molecule has 0 aromatic heterocycles. The molecule has 2 fully saturated rings. The average molecular weight is 337 g/mol. The number of carbonyl (C=O) groups is 1. The van der Waals surface area contributed by atoms with Crippen molar-refractivity contribution in [1.29, 1.82) is 0 Å². The predicted molar refractivity (Wildman–Crippen MR) is 88.5 cm³/mol. The molecular weight excluding hydrogens is 312 g/mol. The average Bonchev–Trinajstić information content (AvgIpc) is 2.90. The fourth-order valence-electron chi connectivity index (χ4n) is 3.95. The zero-order valence-corrected chi connectivity index (χ0v) is 14.2. The molecule has 132 valence electrons. The molecule has 0 aliphatic carbocycles. The Balaban J connectivity index is 1.72. The number of amides is 1. The standard InChI is InChI=1S/C18H25F2N3O/c1-11-9-13(5-7-21-11)18(24)22-16-6-8-23(2)17(16)12-3-4-14(19)15(20)10-12/h3-4,10-11,13,16-17,21H,5-9H2,1-2H3,(H,22,24)/t11-,13-,16?,17?/m0/s1. The van der Waals surface area contributed by atoms with Gasteiger partial charge in [0.15, 0.2) is 11.6 Å².